The van der Waals surface area contributed by atoms with Gasteiger partial charge in [0.1, 0.15) is 5.69 Å². The lowest BCUT2D eigenvalue weighted by atomic mass is 10.4. The normalized spacial score (nSPS) is 12.5. The van der Waals surface area contributed by atoms with E-state index in [0.29, 0.717) is 18.1 Å². The van der Waals surface area contributed by atoms with E-state index in [1.165, 1.54) is 0 Å². The van der Waals surface area contributed by atoms with Crippen molar-refractivity contribution in [1.29, 1.82) is 0 Å². The first kappa shape index (κ1) is 9.66. The summed E-state index contributed by atoms with van der Waals surface area (Å²) in [4.78, 5) is 14.4. The number of hydrogen-bond donors (Lipinski definition) is 3. The molecule has 6 nitrogen and oxygen atoms in total. The van der Waals surface area contributed by atoms with Crippen LogP contribution in [0.2, 0.25) is 0 Å². The Bertz CT molecular complexity index is 334. The minimum Gasteiger partial charge on any atom is -0.392 e. The van der Waals surface area contributed by atoms with Gasteiger partial charge in [-0.05, 0) is 13.8 Å². The molecule has 1 atom stereocenters. The van der Waals surface area contributed by atoms with E-state index in [-0.39, 0.29) is 0 Å². The lowest BCUT2D eigenvalue weighted by Crippen LogP contribution is -2.21. The molecule has 0 aliphatic rings. The lowest BCUT2D eigenvalue weighted by Gasteiger charge is -2.07. The van der Waals surface area contributed by atoms with Crippen molar-refractivity contribution in [1.82, 2.24) is 15.2 Å². The van der Waals surface area contributed by atoms with Crippen molar-refractivity contribution in [2.45, 2.75) is 20.0 Å². The molecule has 0 aliphatic carbocycles. The summed E-state index contributed by atoms with van der Waals surface area (Å²) >= 11 is 0. The van der Waals surface area contributed by atoms with E-state index < -0.39 is 11.8 Å². The third kappa shape index (κ3) is 2.83. The van der Waals surface area contributed by atoms with Gasteiger partial charge in [0.05, 0.1) is 6.10 Å². The number of nitrogens with zero attached hydrogens (tertiary/aromatic N) is 2. The van der Waals surface area contributed by atoms with Crippen LogP contribution >= 0.6 is 0 Å². The second-order valence-corrected chi connectivity index (χ2v) is 2.80. The Kier molecular flexibility index (Phi) is 2.97. The van der Waals surface area contributed by atoms with Crippen LogP contribution in [0.15, 0.2) is 4.79 Å². The second kappa shape index (κ2) is 3.99. The number of aromatic amines is 1. The van der Waals surface area contributed by atoms with Crippen molar-refractivity contribution in [2.24, 2.45) is 0 Å². The Hall–Kier alpha value is -1.43. The maximum absolute atomic E-state index is 10.8. The SMILES string of the molecule is Cc1n[nH]c(=O)nc1NCC(C)O. The molecule has 1 aromatic rings. The average molecular weight is 184 g/mol. The van der Waals surface area contributed by atoms with Gasteiger partial charge in [0.2, 0.25) is 0 Å². The quantitative estimate of drug-likeness (QED) is 0.576. The Morgan fingerprint density at radius 2 is 2.38 bits per heavy atom. The number of rotatable bonds is 3. The Morgan fingerprint density at radius 1 is 1.69 bits per heavy atom. The number of H-pyrrole nitrogens is 1. The molecule has 13 heavy (non-hydrogen) atoms. The van der Waals surface area contributed by atoms with Crippen LogP contribution in [0.5, 0.6) is 0 Å². The summed E-state index contributed by atoms with van der Waals surface area (Å²) in [5.41, 5.74) is 0.0962. The third-order valence-corrected chi connectivity index (χ3v) is 1.44. The van der Waals surface area contributed by atoms with Crippen molar-refractivity contribution in [3.8, 4) is 0 Å². The van der Waals surface area contributed by atoms with Gasteiger partial charge in [-0.15, -0.1) is 0 Å². The fraction of sp³-hybridized carbons (Fsp3) is 0.571. The molecule has 0 fully saturated rings. The third-order valence-electron chi connectivity index (χ3n) is 1.44. The maximum Gasteiger partial charge on any atom is 0.363 e. The van der Waals surface area contributed by atoms with Crippen LogP contribution in [0, 0.1) is 6.92 Å². The molecule has 1 unspecified atom stereocenters. The predicted octanol–water partition coefficient (Wildman–Crippen LogP) is -0.734. The number of aromatic nitrogens is 3. The Morgan fingerprint density at radius 3 is 3.00 bits per heavy atom. The maximum atomic E-state index is 10.8. The number of anilines is 1. The van der Waals surface area contributed by atoms with Gasteiger partial charge in [-0.1, -0.05) is 0 Å². The van der Waals surface area contributed by atoms with Gasteiger partial charge < -0.3 is 10.4 Å². The molecule has 0 radical (unpaired) electrons. The first-order valence-corrected chi connectivity index (χ1v) is 3.95. The van der Waals surface area contributed by atoms with Gasteiger partial charge in [0.15, 0.2) is 5.82 Å². The zero-order valence-electron chi connectivity index (χ0n) is 7.53. The van der Waals surface area contributed by atoms with Crippen molar-refractivity contribution >= 4 is 5.82 Å². The fourth-order valence-electron chi connectivity index (χ4n) is 0.804. The zero-order valence-corrected chi connectivity index (χ0v) is 7.53. The van der Waals surface area contributed by atoms with Gasteiger partial charge >= 0.3 is 5.69 Å². The van der Waals surface area contributed by atoms with E-state index in [0.717, 1.165) is 0 Å². The molecular formula is C7H12N4O2. The van der Waals surface area contributed by atoms with E-state index in [1.54, 1.807) is 13.8 Å². The highest BCUT2D eigenvalue weighted by atomic mass is 16.3. The summed E-state index contributed by atoms with van der Waals surface area (Å²) in [6.45, 7) is 3.70. The largest absolute Gasteiger partial charge is 0.392 e. The van der Waals surface area contributed by atoms with Gasteiger partial charge in [-0.2, -0.15) is 10.1 Å². The number of nitrogens with one attached hydrogen (secondary N) is 2. The highest BCUT2D eigenvalue weighted by Gasteiger charge is 2.02. The monoisotopic (exact) mass is 184 g/mol. The second-order valence-electron chi connectivity index (χ2n) is 2.80. The fourth-order valence-corrected chi connectivity index (χ4v) is 0.804. The van der Waals surface area contributed by atoms with Crippen molar-refractivity contribution < 1.29 is 5.11 Å². The van der Waals surface area contributed by atoms with Crippen LogP contribution in [-0.2, 0) is 0 Å². The molecule has 0 saturated heterocycles. The minimum absolute atomic E-state index is 0.346. The van der Waals surface area contributed by atoms with Crippen LogP contribution in [0.1, 0.15) is 12.6 Å². The van der Waals surface area contributed by atoms with E-state index in [1.807, 2.05) is 0 Å². The van der Waals surface area contributed by atoms with Crippen molar-refractivity contribution in [3.05, 3.63) is 16.2 Å². The minimum atomic E-state index is -0.501. The van der Waals surface area contributed by atoms with Gasteiger partial charge in [-0.3, -0.25) is 0 Å². The molecule has 0 aromatic carbocycles. The van der Waals surface area contributed by atoms with E-state index in [4.69, 9.17) is 5.11 Å². The molecule has 0 aliphatic heterocycles. The summed E-state index contributed by atoms with van der Waals surface area (Å²) < 4.78 is 0. The molecule has 72 valence electrons. The molecule has 0 spiro atoms. The Labute approximate surface area is 75.0 Å². The van der Waals surface area contributed by atoms with Crippen LogP contribution in [0.4, 0.5) is 5.82 Å². The molecule has 1 heterocycles. The highest BCUT2D eigenvalue weighted by Crippen LogP contribution is 2.02. The van der Waals surface area contributed by atoms with Crippen LogP contribution in [-0.4, -0.2) is 32.9 Å². The molecule has 0 amide bonds. The number of hydrogen-bond acceptors (Lipinski definition) is 5. The standard InChI is InChI=1S/C7H12N4O2/c1-4(12)3-8-6-5(2)10-11-7(13)9-6/h4,12H,3H2,1-2H3,(H2,8,9,11,13). The molecule has 0 bridgehead atoms. The van der Waals surface area contributed by atoms with Gasteiger partial charge in [0, 0.05) is 6.54 Å². The summed E-state index contributed by atoms with van der Waals surface area (Å²) in [5, 5.41) is 17.7. The predicted molar refractivity (Wildman–Crippen MR) is 47.6 cm³/mol. The van der Waals surface area contributed by atoms with Gasteiger partial charge in [-0.25, -0.2) is 9.89 Å². The molecule has 3 N–H and O–H groups in total. The van der Waals surface area contributed by atoms with E-state index in [2.05, 4.69) is 20.5 Å². The summed E-state index contributed by atoms with van der Waals surface area (Å²) in [7, 11) is 0. The van der Waals surface area contributed by atoms with Crippen molar-refractivity contribution in [2.75, 3.05) is 11.9 Å². The van der Waals surface area contributed by atoms with E-state index in [9.17, 15) is 4.79 Å². The van der Waals surface area contributed by atoms with E-state index >= 15 is 0 Å². The average Bonchev–Trinajstić information content (AvgIpc) is 2.06. The Balaban J connectivity index is 2.76. The summed E-state index contributed by atoms with van der Waals surface area (Å²) in [6, 6.07) is 0. The zero-order chi connectivity index (χ0) is 9.84. The number of aliphatic hydroxyl groups is 1. The molecule has 6 heteroatoms. The van der Waals surface area contributed by atoms with Gasteiger partial charge in [0.25, 0.3) is 0 Å². The lowest BCUT2D eigenvalue weighted by molar-refractivity contribution is 0.208. The first-order chi connectivity index (χ1) is 6.09. The number of aliphatic hydroxyl groups excluding tert-OH is 1. The van der Waals surface area contributed by atoms with Crippen LogP contribution in [0.25, 0.3) is 0 Å². The molecule has 1 rings (SSSR count). The summed E-state index contributed by atoms with van der Waals surface area (Å²) in [6.07, 6.45) is -0.486. The van der Waals surface area contributed by atoms with Crippen molar-refractivity contribution in [3.63, 3.8) is 0 Å². The highest BCUT2D eigenvalue weighted by molar-refractivity contribution is 5.37. The first-order valence-electron chi connectivity index (χ1n) is 3.95. The van der Waals surface area contributed by atoms with Crippen LogP contribution < -0.4 is 11.0 Å². The smallest absolute Gasteiger partial charge is 0.363 e. The van der Waals surface area contributed by atoms with Crippen LogP contribution in [0.3, 0.4) is 0 Å². The summed E-state index contributed by atoms with van der Waals surface area (Å²) in [5.74, 6) is 0.407. The topological polar surface area (TPSA) is 90.9 Å². The molecule has 0 saturated carbocycles. The molecular weight excluding hydrogens is 172 g/mol. The molecule has 1 aromatic heterocycles. The number of aryl methyl sites for hydroxylation is 1.